The number of carbonyl (C=O) groups excluding carboxylic acids is 1. The molecule has 0 saturated heterocycles. The third kappa shape index (κ3) is 1.78. The van der Waals surface area contributed by atoms with Crippen LogP contribution in [-0.4, -0.2) is 10.4 Å². The minimum Gasteiger partial charge on any atom is -0.338 e. The summed E-state index contributed by atoms with van der Waals surface area (Å²) in [7, 11) is 0. The van der Waals surface area contributed by atoms with E-state index in [1.165, 1.54) is 16.8 Å². The molecule has 0 radical (unpaired) electrons. The molecule has 1 aliphatic rings. The second-order valence-electron chi connectivity index (χ2n) is 4.86. The first-order chi connectivity index (χ1) is 8.79. The largest absolute Gasteiger partial charge is 0.338 e. The van der Waals surface area contributed by atoms with Gasteiger partial charge in [0.25, 0.3) is 0 Å². The van der Waals surface area contributed by atoms with Crippen LogP contribution in [0.1, 0.15) is 40.7 Å². The minimum atomic E-state index is 0.306. The Morgan fingerprint density at radius 2 is 1.94 bits per heavy atom. The van der Waals surface area contributed by atoms with Crippen LogP contribution in [0.3, 0.4) is 0 Å². The van der Waals surface area contributed by atoms with E-state index in [1.807, 2.05) is 18.2 Å². The first-order valence-electron chi connectivity index (χ1n) is 6.58. The monoisotopic (exact) mass is 239 g/mol. The summed E-state index contributed by atoms with van der Waals surface area (Å²) >= 11 is 0. The summed E-state index contributed by atoms with van der Waals surface area (Å²) < 4.78 is 2.21. The Morgan fingerprint density at radius 3 is 2.67 bits per heavy atom. The van der Waals surface area contributed by atoms with E-state index < -0.39 is 0 Å². The van der Waals surface area contributed by atoms with Crippen molar-refractivity contribution in [1.82, 2.24) is 4.57 Å². The highest BCUT2D eigenvalue weighted by atomic mass is 16.1. The van der Waals surface area contributed by atoms with Gasteiger partial charge < -0.3 is 4.57 Å². The fourth-order valence-electron chi connectivity index (χ4n) is 2.79. The number of benzene rings is 1. The van der Waals surface area contributed by atoms with E-state index in [1.54, 1.807) is 0 Å². The van der Waals surface area contributed by atoms with Crippen molar-refractivity contribution in [2.24, 2.45) is 0 Å². The lowest BCUT2D eigenvalue weighted by molar-refractivity contribution is 0.0986. The molecular weight excluding hydrogens is 222 g/mol. The first kappa shape index (κ1) is 11.3. The van der Waals surface area contributed by atoms with Gasteiger partial charge in [-0.3, -0.25) is 4.79 Å². The van der Waals surface area contributed by atoms with Crippen molar-refractivity contribution in [3.05, 3.63) is 58.9 Å². The van der Waals surface area contributed by atoms with Crippen molar-refractivity contribution in [2.45, 2.75) is 32.7 Å². The summed E-state index contributed by atoms with van der Waals surface area (Å²) in [5.74, 6) is 0.306. The number of Topliss-reactive ketones (excluding diaryl/α,β-unsaturated/α-hetero) is 1. The molecule has 3 rings (SSSR count). The van der Waals surface area contributed by atoms with Crippen LogP contribution >= 0.6 is 0 Å². The quantitative estimate of drug-likeness (QED) is 0.806. The first-order valence-corrected chi connectivity index (χ1v) is 6.58. The number of carbonyl (C=O) groups is 1. The van der Waals surface area contributed by atoms with Crippen LogP contribution in [0.15, 0.2) is 36.4 Å². The Bertz CT molecular complexity index is 581. The van der Waals surface area contributed by atoms with E-state index in [0.717, 1.165) is 25.1 Å². The van der Waals surface area contributed by atoms with E-state index in [9.17, 15) is 4.79 Å². The Labute approximate surface area is 107 Å². The van der Waals surface area contributed by atoms with Gasteiger partial charge in [0, 0.05) is 18.7 Å². The predicted molar refractivity (Wildman–Crippen MR) is 72.0 cm³/mol. The highest BCUT2D eigenvalue weighted by Crippen LogP contribution is 2.27. The van der Waals surface area contributed by atoms with E-state index in [-0.39, 0.29) is 0 Å². The zero-order valence-corrected chi connectivity index (χ0v) is 10.6. The van der Waals surface area contributed by atoms with Crippen LogP contribution in [0.2, 0.25) is 0 Å². The van der Waals surface area contributed by atoms with Gasteiger partial charge in [0.05, 0.1) is 5.69 Å². The van der Waals surface area contributed by atoms with E-state index >= 15 is 0 Å². The molecule has 0 fully saturated rings. The predicted octanol–water partition coefficient (Wildman–Crippen LogP) is 3.23. The smallest absolute Gasteiger partial charge is 0.179 e. The molecule has 1 heterocycles. The molecule has 2 heteroatoms. The van der Waals surface area contributed by atoms with Crippen LogP contribution in [0.25, 0.3) is 0 Å². The maximum Gasteiger partial charge on any atom is 0.179 e. The van der Waals surface area contributed by atoms with Gasteiger partial charge in [-0.05, 0) is 30.0 Å². The summed E-state index contributed by atoms with van der Waals surface area (Å²) in [5, 5.41) is 0. The molecule has 1 aromatic carbocycles. The van der Waals surface area contributed by atoms with Crippen LogP contribution in [0.5, 0.6) is 0 Å². The lowest BCUT2D eigenvalue weighted by Gasteiger charge is -2.11. The van der Waals surface area contributed by atoms with Crippen molar-refractivity contribution in [3.8, 4) is 0 Å². The SMILES string of the molecule is CCc1cc2c(n1Cc1ccccc1)C(=O)CC2. The number of ketones is 1. The van der Waals surface area contributed by atoms with Crippen LogP contribution in [0.4, 0.5) is 0 Å². The molecule has 1 aliphatic carbocycles. The van der Waals surface area contributed by atoms with Gasteiger partial charge in [0.1, 0.15) is 0 Å². The number of aromatic nitrogens is 1. The van der Waals surface area contributed by atoms with E-state index in [0.29, 0.717) is 12.2 Å². The van der Waals surface area contributed by atoms with Crippen molar-refractivity contribution < 1.29 is 4.79 Å². The lowest BCUT2D eigenvalue weighted by atomic mass is 10.2. The third-order valence-electron chi connectivity index (χ3n) is 3.69. The molecule has 0 saturated carbocycles. The Kier molecular flexibility index (Phi) is 2.78. The zero-order chi connectivity index (χ0) is 12.5. The number of hydrogen-bond acceptors (Lipinski definition) is 1. The average Bonchev–Trinajstić information content (AvgIpc) is 2.92. The van der Waals surface area contributed by atoms with Gasteiger partial charge in [0.2, 0.25) is 0 Å². The number of aryl methyl sites for hydroxylation is 2. The summed E-state index contributed by atoms with van der Waals surface area (Å²) in [6, 6.07) is 12.6. The normalized spacial score (nSPS) is 13.9. The molecule has 0 amide bonds. The molecule has 0 aliphatic heterocycles. The Morgan fingerprint density at radius 1 is 1.17 bits per heavy atom. The summed E-state index contributed by atoms with van der Waals surface area (Å²) in [6.07, 6.45) is 2.58. The minimum absolute atomic E-state index is 0.306. The third-order valence-corrected chi connectivity index (χ3v) is 3.69. The van der Waals surface area contributed by atoms with Gasteiger partial charge in [-0.15, -0.1) is 0 Å². The molecular formula is C16H17NO. The number of fused-ring (bicyclic) bond motifs is 1. The van der Waals surface area contributed by atoms with Gasteiger partial charge in [-0.25, -0.2) is 0 Å². The van der Waals surface area contributed by atoms with Crippen molar-refractivity contribution in [1.29, 1.82) is 0 Å². The fourth-order valence-corrected chi connectivity index (χ4v) is 2.79. The molecule has 18 heavy (non-hydrogen) atoms. The maximum absolute atomic E-state index is 12.0. The molecule has 0 spiro atoms. The molecule has 0 unspecified atom stereocenters. The lowest BCUT2D eigenvalue weighted by Crippen LogP contribution is -2.10. The van der Waals surface area contributed by atoms with Gasteiger partial charge in [0.15, 0.2) is 5.78 Å². The zero-order valence-electron chi connectivity index (χ0n) is 10.6. The fraction of sp³-hybridized carbons (Fsp3) is 0.312. The second-order valence-corrected chi connectivity index (χ2v) is 4.86. The number of hydrogen-bond donors (Lipinski definition) is 0. The van der Waals surface area contributed by atoms with Gasteiger partial charge in [-0.1, -0.05) is 37.3 Å². The molecule has 2 nitrogen and oxygen atoms in total. The van der Waals surface area contributed by atoms with Gasteiger partial charge in [-0.2, -0.15) is 0 Å². The topological polar surface area (TPSA) is 22.0 Å². The standard InChI is InChI=1S/C16H17NO/c1-2-14-10-13-8-9-15(18)16(13)17(14)11-12-6-4-3-5-7-12/h3-7,10H,2,8-9,11H2,1H3. The van der Waals surface area contributed by atoms with Crippen LogP contribution < -0.4 is 0 Å². The molecule has 0 bridgehead atoms. The summed E-state index contributed by atoms with van der Waals surface area (Å²) in [4.78, 5) is 12.0. The second kappa shape index (κ2) is 4.45. The van der Waals surface area contributed by atoms with E-state index in [4.69, 9.17) is 0 Å². The number of nitrogens with zero attached hydrogens (tertiary/aromatic N) is 1. The maximum atomic E-state index is 12.0. The summed E-state index contributed by atoms with van der Waals surface area (Å²) in [5.41, 5.74) is 4.73. The molecule has 0 atom stereocenters. The molecule has 2 aromatic rings. The highest BCUT2D eigenvalue weighted by Gasteiger charge is 2.25. The number of rotatable bonds is 3. The highest BCUT2D eigenvalue weighted by molar-refractivity contribution is 5.99. The Hall–Kier alpha value is -1.83. The Balaban J connectivity index is 2.03. The molecule has 0 N–H and O–H groups in total. The van der Waals surface area contributed by atoms with Gasteiger partial charge >= 0.3 is 0 Å². The average molecular weight is 239 g/mol. The molecule has 1 aromatic heterocycles. The van der Waals surface area contributed by atoms with Crippen LogP contribution in [-0.2, 0) is 19.4 Å². The summed E-state index contributed by atoms with van der Waals surface area (Å²) in [6.45, 7) is 2.96. The van der Waals surface area contributed by atoms with E-state index in [2.05, 4.69) is 29.7 Å². The molecule has 92 valence electrons. The van der Waals surface area contributed by atoms with Crippen molar-refractivity contribution in [3.63, 3.8) is 0 Å². The van der Waals surface area contributed by atoms with Crippen molar-refractivity contribution >= 4 is 5.78 Å². The van der Waals surface area contributed by atoms with Crippen molar-refractivity contribution in [2.75, 3.05) is 0 Å². The van der Waals surface area contributed by atoms with Crippen LogP contribution in [0, 0.1) is 0 Å².